The van der Waals surface area contributed by atoms with E-state index >= 15 is 0 Å². The van der Waals surface area contributed by atoms with Gasteiger partial charge in [-0.15, -0.1) is 0 Å². The van der Waals surface area contributed by atoms with Crippen molar-refractivity contribution in [2.45, 2.75) is 43.7 Å². The molecule has 6 N–H and O–H groups in total. The van der Waals surface area contributed by atoms with Gasteiger partial charge in [0.2, 0.25) is 0 Å². The molecule has 29 heavy (non-hydrogen) atoms. The number of nitrogens with one attached hydrogen (secondary N) is 2. The van der Waals surface area contributed by atoms with Gasteiger partial charge in [0.1, 0.15) is 18.3 Å². The molecule has 0 bridgehead atoms. The van der Waals surface area contributed by atoms with E-state index in [-0.39, 0.29) is 0 Å². The number of hydrogen-bond acceptors (Lipinski definition) is 6. The van der Waals surface area contributed by atoms with Crippen LogP contribution in [0.3, 0.4) is 0 Å². The zero-order chi connectivity index (χ0) is 20.6. The predicted molar refractivity (Wildman–Crippen MR) is 108 cm³/mol. The van der Waals surface area contributed by atoms with Crippen molar-refractivity contribution in [3.05, 3.63) is 71.8 Å². The van der Waals surface area contributed by atoms with Crippen molar-refractivity contribution in [1.29, 1.82) is 0 Å². The zero-order valence-electron chi connectivity index (χ0n) is 15.9. The minimum atomic E-state index is -1.51. The Morgan fingerprint density at radius 2 is 1.55 bits per heavy atom. The Balaban J connectivity index is 1.72. The number of rotatable bonds is 7. The summed E-state index contributed by atoms with van der Waals surface area (Å²) in [6, 6.07) is 18.7. The maximum atomic E-state index is 10.1. The second-order valence-electron chi connectivity index (χ2n) is 6.90. The first-order chi connectivity index (χ1) is 14.1. The summed E-state index contributed by atoms with van der Waals surface area (Å²) in [4.78, 5) is 4.55. The molecule has 1 saturated heterocycles. The molecule has 0 aromatic heterocycles. The van der Waals surface area contributed by atoms with Crippen molar-refractivity contribution >= 4 is 5.96 Å². The minimum Gasteiger partial charge on any atom is -0.394 e. The zero-order valence-corrected chi connectivity index (χ0v) is 15.9. The smallest absolute Gasteiger partial charge is 0.192 e. The highest BCUT2D eigenvalue weighted by atomic mass is 16.6. The summed E-state index contributed by atoms with van der Waals surface area (Å²) in [5, 5.41) is 45.5. The number of hydrogen-bond donors (Lipinski definition) is 6. The molecular weight excluding hydrogens is 374 g/mol. The lowest BCUT2D eigenvalue weighted by Gasteiger charge is -2.26. The summed E-state index contributed by atoms with van der Waals surface area (Å²) in [6.07, 6.45) is -5.27. The molecule has 1 unspecified atom stereocenters. The van der Waals surface area contributed by atoms with E-state index in [1.807, 2.05) is 60.7 Å². The number of benzene rings is 2. The molecule has 3 rings (SSSR count). The number of ether oxygens (including phenoxy) is 1. The molecular formula is C21H27N3O5. The molecule has 8 heteroatoms. The fourth-order valence-corrected chi connectivity index (χ4v) is 3.11. The highest BCUT2D eigenvalue weighted by Crippen LogP contribution is 2.22. The highest BCUT2D eigenvalue weighted by molar-refractivity contribution is 5.80. The summed E-state index contributed by atoms with van der Waals surface area (Å²) in [6.45, 7) is 0.514. The van der Waals surface area contributed by atoms with Crippen LogP contribution in [0.2, 0.25) is 0 Å². The van der Waals surface area contributed by atoms with Gasteiger partial charge in [-0.25, -0.2) is 4.99 Å². The molecule has 2 aromatic carbocycles. The Morgan fingerprint density at radius 1 is 0.931 bits per heavy atom. The fourth-order valence-electron chi connectivity index (χ4n) is 3.11. The molecule has 0 saturated carbocycles. The van der Waals surface area contributed by atoms with Gasteiger partial charge in [-0.2, -0.15) is 0 Å². The lowest BCUT2D eigenvalue weighted by Crippen LogP contribution is -2.53. The third-order valence-electron chi connectivity index (χ3n) is 4.76. The van der Waals surface area contributed by atoms with Gasteiger partial charge in [-0.3, -0.25) is 0 Å². The van der Waals surface area contributed by atoms with Crippen molar-refractivity contribution in [3.63, 3.8) is 0 Å². The summed E-state index contributed by atoms with van der Waals surface area (Å²) in [7, 11) is 0. The number of aliphatic hydroxyl groups excluding tert-OH is 4. The number of aliphatic hydroxyl groups is 4. The van der Waals surface area contributed by atoms with Crippen LogP contribution in [0.5, 0.6) is 0 Å². The average molecular weight is 401 g/mol. The monoisotopic (exact) mass is 401 g/mol. The van der Waals surface area contributed by atoms with Gasteiger partial charge < -0.3 is 35.8 Å². The van der Waals surface area contributed by atoms with Crippen molar-refractivity contribution in [2.75, 3.05) is 6.61 Å². The Bertz CT molecular complexity index is 774. The highest BCUT2D eigenvalue weighted by Gasteiger charge is 2.45. The van der Waals surface area contributed by atoms with Gasteiger partial charge in [0.25, 0.3) is 0 Å². The maximum absolute atomic E-state index is 10.1. The largest absolute Gasteiger partial charge is 0.394 e. The number of aliphatic imine (C=N–C) groups is 1. The molecule has 1 aliphatic rings. The van der Waals surface area contributed by atoms with Crippen LogP contribution in [0.25, 0.3) is 0 Å². The van der Waals surface area contributed by atoms with E-state index in [2.05, 4.69) is 15.6 Å². The third kappa shape index (κ3) is 5.75. The third-order valence-corrected chi connectivity index (χ3v) is 4.76. The van der Waals surface area contributed by atoms with Crippen molar-refractivity contribution in [3.8, 4) is 0 Å². The Morgan fingerprint density at radius 3 is 2.10 bits per heavy atom. The first kappa shape index (κ1) is 21.2. The van der Waals surface area contributed by atoms with Crippen molar-refractivity contribution in [2.24, 2.45) is 4.99 Å². The lowest BCUT2D eigenvalue weighted by molar-refractivity contribution is -0.132. The number of guanidine groups is 1. The van der Waals surface area contributed by atoms with Crippen LogP contribution < -0.4 is 10.6 Å². The van der Waals surface area contributed by atoms with E-state index in [1.54, 1.807) is 0 Å². The molecule has 2 aromatic rings. The standard InChI is InChI=1S/C21H27N3O5/c25-13-16(19-17(26)18(27)20(28)29-19)24-21(22-11-14-7-3-1-4-8-14)23-12-15-9-5-2-6-10-15/h1-10,16-20,25-28H,11-13H2,(H2,22,23,24)/t16-,17+,18+,19+,20?/m0/s1. The van der Waals surface area contributed by atoms with Crippen LogP contribution >= 0.6 is 0 Å². The van der Waals surface area contributed by atoms with E-state index in [0.717, 1.165) is 11.1 Å². The maximum Gasteiger partial charge on any atom is 0.192 e. The number of nitrogens with zero attached hydrogens (tertiary/aromatic N) is 1. The quantitative estimate of drug-likeness (QED) is 0.278. The van der Waals surface area contributed by atoms with E-state index in [9.17, 15) is 20.4 Å². The molecule has 5 atom stereocenters. The van der Waals surface area contributed by atoms with Crippen LogP contribution in [0, 0.1) is 0 Å². The van der Waals surface area contributed by atoms with Gasteiger partial charge in [0.15, 0.2) is 12.2 Å². The summed E-state index contributed by atoms with van der Waals surface area (Å²) in [5.41, 5.74) is 2.06. The first-order valence-corrected chi connectivity index (χ1v) is 9.51. The van der Waals surface area contributed by atoms with E-state index < -0.39 is 37.3 Å². The SMILES string of the molecule is OC[C@H](NC(=NCc1ccccc1)NCc1ccccc1)[C@H]1OC(O)[C@H](O)[C@H]1O. The normalized spacial score (nSPS) is 25.6. The van der Waals surface area contributed by atoms with Gasteiger partial charge in [0.05, 0.1) is 19.2 Å². The Hall–Kier alpha value is -2.49. The lowest BCUT2D eigenvalue weighted by atomic mass is 10.0. The van der Waals surface area contributed by atoms with Crippen LogP contribution in [-0.2, 0) is 17.8 Å². The van der Waals surface area contributed by atoms with Gasteiger partial charge in [-0.1, -0.05) is 60.7 Å². The predicted octanol–water partition coefficient (Wildman–Crippen LogP) is -0.278. The van der Waals surface area contributed by atoms with E-state index in [4.69, 9.17) is 4.74 Å². The van der Waals surface area contributed by atoms with E-state index in [0.29, 0.717) is 19.0 Å². The van der Waals surface area contributed by atoms with Crippen LogP contribution in [0.1, 0.15) is 11.1 Å². The Kier molecular flexibility index (Phi) is 7.56. The summed E-state index contributed by atoms with van der Waals surface area (Å²) in [5.74, 6) is 0.406. The van der Waals surface area contributed by atoms with Crippen molar-refractivity contribution < 1.29 is 25.2 Å². The molecule has 1 heterocycles. The molecule has 0 radical (unpaired) electrons. The first-order valence-electron chi connectivity index (χ1n) is 9.51. The second-order valence-corrected chi connectivity index (χ2v) is 6.90. The minimum absolute atomic E-state index is 0.390. The summed E-state index contributed by atoms with van der Waals surface area (Å²) >= 11 is 0. The molecule has 0 amide bonds. The molecule has 1 fully saturated rings. The van der Waals surface area contributed by atoms with E-state index in [1.165, 1.54) is 0 Å². The molecule has 156 valence electrons. The second kappa shape index (κ2) is 10.3. The molecule has 8 nitrogen and oxygen atoms in total. The van der Waals surface area contributed by atoms with Crippen LogP contribution in [-0.4, -0.2) is 63.6 Å². The average Bonchev–Trinajstić information content (AvgIpc) is 3.02. The van der Waals surface area contributed by atoms with Gasteiger partial charge >= 0.3 is 0 Å². The molecule has 0 spiro atoms. The van der Waals surface area contributed by atoms with Crippen molar-refractivity contribution in [1.82, 2.24) is 10.6 Å². The topological polar surface area (TPSA) is 127 Å². The van der Waals surface area contributed by atoms with Gasteiger partial charge in [0, 0.05) is 6.54 Å². The fraction of sp³-hybridized carbons (Fsp3) is 0.381. The molecule has 0 aliphatic carbocycles. The molecule has 1 aliphatic heterocycles. The van der Waals surface area contributed by atoms with Crippen LogP contribution in [0.4, 0.5) is 0 Å². The van der Waals surface area contributed by atoms with Gasteiger partial charge in [-0.05, 0) is 11.1 Å². The Labute approximate surface area is 169 Å². The van der Waals surface area contributed by atoms with Crippen LogP contribution in [0.15, 0.2) is 65.7 Å². The summed E-state index contributed by atoms with van der Waals surface area (Å²) < 4.78 is 5.22.